The summed E-state index contributed by atoms with van der Waals surface area (Å²) in [6.07, 6.45) is -0.687. The highest BCUT2D eigenvalue weighted by Gasteiger charge is 2.20. The number of nitrogens with one attached hydrogen (secondary N) is 2. The molecule has 0 saturated carbocycles. The SMILES string of the molecule is Cc1ccc(S(=O)(=O)Nc2ccc3onc(NC(=O)OC(C)(C)C)c3c2)cc1. The molecule has 2 aromatic carbocycles. The number of aryl methyl sites for hydroxylation is 1. The molecule has 28 heavy (non-hydrogen) atoms. The van der Waals surface area contributed by atoms with Gasteiger partial charge in [-0.05, 0) is 58.0 Å². The van der Waals surface area contributed by atoms with Crippen LogP contribution in [0.3, 0.4) is 0 Å². The van der Waals surface area contributed by atoms with Crippen LogP contribution in [0, 0.1) is 6.92 Å². The number of fused-ring (bicyclic) bond motifs is 1. The lowest BCUT2D eigenvalue weighted by atomic mass is 10.2. The van der Waals surface area contributed by atoms with Crippen molar-refractivity contribution in [3.8, 4) is 0 Å². The van der Waals surface area contributed by atoms with E-state index >= 15 is 0 Å². The van der Waals surface area contributed by atoms with Crippen LogP contribution in [0.1, 0.15) is 26.3 Å². The van der Waals surface area contributed by atoms with E-state index < -0.39 is 21.7 Å². The molecule has 0 bridgehead atoms. The number of hydrogen-bond donors (Lipinski definition) is 2. The third-order valence-corrected chi connectivity index (χ3v) is 5.07. The summed E-state index contributed by atoms with van der Waals surface area (Å²) in [7, 11) is -3.75. The molecule has 148 valence electrons. The largest absolute Gasteiger partial charge is 0.444 e. The Balaban J connectivity index is 1.85. The zero-order valence-corrected chi connectivity index (χ0v) is 16.8. The number of ether oxygens (including phenoxy) is 1. The maximum atomic E-state index is 12.6. The number of sulfonamides is 1. The van der Waals surface area contributed by atoms with E-state index in [-0.39, 0.29) is 10.7 Å². The monoisotopic (exact) mass is 403 g/mol. The number of carbonyl (C=O) groups excluding carboxylic acids is 1. The Kier molecular flexibility index (Phi) is 5.03. The number of hydrogen-bond acceptors (Lipinski definition) is 6. The summed E-state index contributed by atoms with van der Waals surface area (Å²) in [5, 5.41) is 6.75. The molecular formula is C19H21N3O5S. The zero-order valence-electron chi connectivity index (χ0n) is 15.9. The zero-order chi connectivity index (χ0) is 20.5. The molecule has 9 heteroatoms. The summed E-state index contributed by atoms with van der Waals surface area (Å²) >= 11 is 0. The van der Waals surface area contributed by atoms with Gasteiger partial charge in [0.25, 0.3) is 10.0 Å². The van der Waals surface area contributed by atoms with Crippen LogP contribution in [-0.2, 0) is 14.8 Å². The first kappa shape index (κ1) is 19.7. The maximum absolute atomic E-state index is 12.6. The number of amides is 1. The van der Waals surface area contributed by atoms with Gasteiger partial charge in [0.2, 0.25) is 0 Å². The fourth-order valence-electron chi connectivity index (χ4n) is 2.42. The van der Waals surface area contributed by atoms with E-state index in [1.807, 2.05) is 6.92 Å². The van der Waals surface area contributed by atoms with Crippen molar-refractivity contribution in [1.29, 1.82) is 0 Å². The molecule has 0 fully saturated rings. The molecule has 0 radical (unpaired) electrons. The van der Waals surface area contributed by atoms with Crippen LogP contribution in [0.4, 0.5) is 16.3 Å². The number of benzene rings is 2. The molecule has 0 unspecified atom stereocenters. The lowest BCUT2D eigenvalue weighted by Gasteiger charge is -2.19. The topological polar surface area (TPSA) is 111 Å². The Morgan fingerprint density at radius 1 is 1.11 bits per heavy atom. The maximum Gasteiger partial charge on any atom is 0.413 e. The third-order valence-electron chi connectivity index (χ3n) is 3.67. The van der Waals surface area contributed by atoms with Crippen molar-refractivity contribution in [2.45, 2.75) is 38.2 Å². The van der Waals surface area contributed by atoms with Gasteiger partial charge in [0.1, 0.15) is 5.60 Å². The van der Waals surface area contributed by atoms with E-state index in [0.717, 1.165) is 5.56 Å². The molecule has 3 aromatic rings. The Bertz CT molecular complexity index is 1110. The summed E-state index contributed by atoms with van der Waals surface area (Å²) in [5.41, 5.74) is 0.994. The fraction of sp³-hybridized carbons (Fsp3) is 0.263. The van der Waals surface area contributed by atoms with E-state index in [1.165, 1.54) is 18.2 Å². The van der Waals surface area contributed by atoms with Crippen LogP contribution in [0.5, 0.6) is 0 Å². The fourth-order valence-corrected chi connectivity index (χ4v) is 3.47. The number of nitrogens with zero attached hydrogens (tertiary/aromatic N) is 1. The van der Waals surface area contributed by atoms with Gasteiger partial charge < -0.3 is 9.26 Å². The number of carbonyl (C=O) groups is 1. The first-order valence-corrected chi connectivity index (χ1v) is 10.0. The minimum Gasteiger partial charge on any atom is -0.444 e. The van der Waals surface area contributed by atoms with E-state index in [4.69, 9.17) is 9.26 Å². The van der Waals surface area contributed by atoms with Gasteiger partial charge in [0.05, 0.1) is 10.3 Å². The van der Waals surface area contributed by atoms with E-state index in [1.54, 1.807) is 45.0 Å². The summed E-state index contributed by atoms with van der Waals surface area (Å²) in [6, 6.07) is 11.2. The van der Waals surface area contributed by atoms with Crippen LogP contribution >= 0.6 is 0 Å². The van der Waals surface area contributed by atoms with E-state index in [2.05, 4.69) is 15.2 Å². The van der Waals surface area contributed by atoms with Gasteiger partial charge in [0, 0.05) is 5.69 Å². The van der Waals surface area contributed by atoms with E-state index in [0.29, 0.717) is 16.7 Å². The van der Waals surface area contributed by atoms with Crippen molar-refractivity contribution in [1.82, 2.24) is 5.16 Å². The van der Waals surface area contributed by atoms with Crippen molar-refractivity contribution < 1.29 is 22.5 Å². The van der Waals surface area contributed by atoms with Gasteiger partial charge in [-0.2, -0.15) is 0 Å². The average molecular weight is 403 g/mol. The normalized spacial score (nSPS) is 12.0. The number of aromatic nitrogens is 1. The van der Waals surface area contributed by atoms with Crippen LogP contribution in [0.15, 0.2) is 51.9 Å². The molecule has 8 nitrogen and oxygen atoms in total. The average Bonchev–Trinajstić information content (AvgIpc) is 2.95. The molecule has 0 aliphatic rings. The number of rotatable bonds is 4. The first-order chi connectivity index (χ1) is 13.0. The van der Waals surface area contributed by atoms with Gasteiger partial charge in [-0.15, -0.1) is 0 Å². The van der Waals surface area contributed by atoms with Crippen molar-refractivity contribution >= 4 is 38.6 Å². The predicted molar refractivity (Wildman–Crippen MR) is 106 cm³/mol. The Hall–Kier alpha value is -3.07. The van der Waals surface area contributed by atoms with Crippen LogP contribution < -0.4 is 10.0 Å². The van der Waals surface area contributed by atoms with Gasteiger partial charge in [-0.25, -0.2) is 13.2 Å². The Morgan fingerprint density at radius 2 is 1.79 bits per heavy atom. The van der Waals surface area contributed by atoms with E-state index in [9.17, 15) is 13.2 Å². The second-order valence-corrected chi connectivity index (χ2v) is 8.97. The molecule has 1 aromatic heterocycles. The number of anilines is 2. The lowest BCUT2D eigenvalue weighted by Crippen LogP contribution is -2.27. The molecule has 2 N–H and O–H groups in total. The molecular weight excluding hydrogens is 382 g/mol. The van der Waals surface area contributed by atoms with Crippen LogP contribution in [-0.4, -0.2) is 25.3 Å². The minimum atomic E-state index is -3.75. The van der Waals surface area contributed by atoms with Crippen molar-refractivity contribution in [3.63, 3.8) is 0 Å². The smallest absolute Gasteiger partial charge is 0.413 e. The highest BCUT2D eigenvalue weighted by atomic mass is 32.2. The third kappa shape index (κ3) is 4.61. The molecule has 0 saturated heterocycles. The Morgan fingerprint density at radius 3 is 2.43 bits per heavy atom. The Labute approximate surface area is 162 Å². The van der Waals surface area contributed by atoms with Gasteiger partial charge in [0.15, 0.2) is 11.4 Å². The van der Waals surface area contributed by atoms with Crippen molar-refractivity contribution in [2.24, 2.45) is 0 Å². The molecule has 3 rings (SSSR count). The minimum absolute atomic E-state index is 0.139. The second-order valence-electron chi connectivity index (χ2n) is 7.29. The highest BCUT2D eigenvalue weighted by molar-refractivity contribution is 7.92. The lowest BCUT2D eigenvalue weighted by molar-refractivity contribution is 0.0635. The highest BCUT2D eigenvalue weighted by Crippen LogP contribution is 2.27. The van der Waals surface area contributed by atoms with Gasteiger partial charge in [-0.1, -0.05) is 22.9 Å². The molecule has 0 aliphatic heterocycles. The molecule has 1 heterocycles. The second kappa shape index (κ2) is 7.16. The molecule has 1 amide bonds. The summed E-state index contributed by atoms with van der Waals surface area (Å²) in [6.45, 7) is 7.10. The van der Waals surface area contributed by atoms with Crippen LogP contribution in [0.25, 0.3) is 11.0 Å². The van der Waals surface area contributed by atoms with Crippen LogP contribution in [0.2, 0.25) is 0 Å². The van der Waals surface area contributed by atoms with Crippen molar-refractivity contribution in [2.75, 3.05) is 10.0 Å². The summed E-state index contributed by atoms with van der Waals surface area (Å²) < 4.78 is 38.0. The van der Waals surface area contributed by atoms with Gasteiger partial charge >= 0.3 is 6.09 Å². The molecule has 0 atom stereocenters. The van der Waals surface area contributed by atoms with Gasteiger partial charge in [-0.3, -0.25) is 10.0 Å². The molecule has 0 spiro atoms. The summed E-state index contributed by atoms with van der Waals surface area (Å²) in [4.78, 5) is 12.1. The predicted octanol–water partition coefficient (Wildman–Crippen LogP) is 4.28. The summed E-state index contributed by atoms with van der Waals surface area (Å²) in [5.74, 6) is 0.139. The molecule has 0 aliphatic carbocycles. The quantitative estimate of drug-likeness (QED) is 0.672. The van der Waals surface area contributed by atoms with Crippen molar-refractivity contribution in [3.05, 3.63) is 48.0 Å². The first-order valence-electron chi connectivity index (χ1n) is 8.52. The standard InChI is InChI=1S/C19H21N3O5S/c1-12-5-8-14(9-6-12)28(24,25)22-13-7-10-16-15(11-13)17(21-27-16)20-18(23)26-19(2,3)4/h5-11,22H,1-4H3,(H,20,21,23).